The highest BCUT2D eigenvalue weighted by Gasteiger charge is 2.06. The van der Waals surface area contributed by atoms with Crippen molar-refractivity contribution >= 4 is 37.0 Å². The van der Waals surface area contributed by atoms with E-state index in [2.05, 4.69) is 34.0 Å². The van der Waals surface area contributed by atoms with Crippen molar-refractivity contribution < 1.29 is 0 Å². The van der Waals surface area contributed by atoms with Crippen LogP contribution in [-0.4, -0.2) is 8.75 Å². The molecule has 0 unspecified atom stereocenters. The van der Waals surface area contributed by atoms with E-state index in [-0.39, 0.29) is 0 Å². The van der Waals surface area contributed by atoms with Gasteiger partial charge in [-0.1, -0.05) is 12.1 Å². The highest BCUT2D eigenvalue weighted by Crippen LogP contribution is 2.29. The molecule has 2 aromatic rings. The summed E-state index contributed by atoms with van der Waals surface area (Å²) >= 11 is 9.83. The summed E-state index contributed by atoms with van der Waals surface area (Å²) in [5.74, 6) is 0. The lowest BCUT2D eigenvalue weighted by molar-refractivity contribution is 1.26. The van der Waals surface area contributed by atoms with Crippen LogP contribution in [0.1, 0.15) is 0 Å². The number of nitrogens with zero attached hydrogens (tertiary/aromatic N) is 2. The van der Waals surface area contributed by atoms with Crippen molar-refractivity contribution in [3.63, 3.8) is 0 Å². The highest BCUT2D eigenvalue weighted by atomic mass is 32.1. The van der Waals surface area contributed by atoms with Crippen LogP contribution >= 0.6 is 37.0 Å². The standard InChI is InChI=1S/C8H6N2S3/c11-7-3-1-2-5(8(7)12)6-4-9-13-10-6/h1-4,11-12H. The van der Waals surface area contributed by atoms with Crippen LogP contribution < -0.4 is 0 Å². The van der Waals surface area contributed by atoms with Gasteiger partial charge in [-0.15, -0.1) is 25.3 Å². The lowest BCUT2D eigenvalue weighted by Crippen LogP contribution is -1.80. The molecule has 0 aliphatic heterocycles. The maximum atomic E-state index is 4.36. The number of thiol groups is 2. The number of benzene rings is 1. The maximum Gasteiger partial charge on any atom is 0.105 e. The molecule has 13 heavy (non-hydrogen) atoms. The first-order valence-corrected chi connectivity index (χ1v) is 5.20. The average Bonchev–Trinajstić information content (AvgIpc) is 2.62. The van der Waals surface area contributed by atoms with Gasteiger partial charge in [0.2, 0.25) is 0 Å². The minimum Gasteiger partial charge on any atom is -0.181 e. The van der Waals surface area contributed by atoms with E-state index >= 15 is 0 Å². The molecule has 0 bridgehead atoms. The van der Waals surface area contributed by atoms with Crippen molar-refractivity contribution in [3.8, 4) is 11.3 Å². The Bertz CT molecular complexity index is 411. The van der Waals surface area contributed by atoms with Crippen molar-refractivity contribution in [3.05, 3.63) is 24.4 Å². The quantitative estimate of drug-likeness (QED) is 0.731. The maximum absolute atomic E-state index is 4.36. The Hall–Kier alpha value is -0.520. The molecule has 0 aliphatic carbocycles. The van der Waals surface area contributed by atoms with Gasteiger partial charge in [0.25, 0.3) is 0 Å². The summed E-state index contributed by atoms with van der Waals surface area (Å²) in [6.45, 7) is 0. The van der Waals surface area contributed by atoms with E-state index in [0.717, 1.165) is 21.0 Å². The first-order chi connectivity index (χ1) is 6.29. The van der Waals surface area contributed by atoms with Crippen LogP contribution in [0.25, 0.3) is 11.3 Å². The van der Waals surface area contributed by atoms with Crippen LogP contribution in [0.5, 0.6) is 0 Å². The van der Waals surface area contributed by atoms with E-state index in [1.165, 1.54) is 11.7 Å². The molecule has 0 saturated carbocycles. The van der Waals surface area contributed by atoms with Crippen LogP contribution in [0.3, 0.4) is 0 Å². The van der Waals surface area contributed by atoms with Gasteiger partial charge in [0.15, 0.2) is 0 Å². The number of aromatic nitrogens is 2. The average molecular weight is 226 g/mol. The SMILES string of the molecule is Sc1cccc(-c2cnsn2)c1S. The molecular formula is C8H6N2S3. The van der Waals surface area contributed by atoms with E-state index in [1.807, 2.05) is 18.2 Å². The molecule has 1 heterocycles. The number of hydrogen-bond donors (Lipinski definition) is 2. The zero-order valence-corrected chi connectivity index (χ0v) is 9.11. The lowest BCUT2D eigenvalue weighted by atomic mass is 10.2. The predicted octanol–water partition coefficient (Wildman–Crippen LogP) is 2.78. The Kier molecular flexibility index (Phi) is 2.57. The molecule has 0 fully saturated rings. The Balaban J connectivity index is 2.59. The first-order valence-electron chi connectivity index (χ1n) is 3.58. The van der Waals surface area contributed by atoms with E-state index in [0.29, 0.717) is 0 Å². The summed E-state index contributed by atoms with van der Waals surface area (Å²) in [5.41, 5.74) is 1.83. The predicted molar refractivity (Wildman–Crippen MR) is 59.8 cm³/mol. The van der Waals surface area contributed by atoms with Crippen molar-refractivity contribution in [1.29, 1.82) is 0 Å². The number of rotatable bonds is 1. The molecule has 0 saturated heterocycles. The van der Waals surface area contributed by atoms with Crippen LogP contribution in [-0.2, 0) is 0 Å². The molecule has 0 spiro atoms. The number of hydrogen-bond acceptors (Lipinski definition) is 5. The van der Waals surface area contributed by atoms with E-state index < -0.39 is 0 Å². The summed E-state index contributed by atoms with van der Waals surface area (Å²) in [7, 11) is 0. The van der Waals surface area contributed by atoms with Crippen LogP contribution in [0.2, 0.25) is 0 Å². The summed E-state index contributed by atoms with van der Waals surface area (Å²) in [5, 5.41) is 0. The molecule has 1 aromatic heterocycles. The second-order valence-corrected chi connectivity index (χ2v) is 3.95. The third kappa shape index (κ3) is 1.72. The first kappa shape index (κ1) is 9.05. The fourth-order valence-electron chi connectivity index (χ4n) is 1.02. The minimum absolute atomic E-state index is 0.846. The third-order valence-corrected chi connectivity index (χ3v) is 3.16. The monoisotopic (exact) mass is 226 g/mol. The Morgan fingerprint density at radius 2 is 2.08 bits per heavy atom. The van der Waals surface area contributed by atoms with Crippen LogP contribution in [0.15, 0.2) is 34.2 Å². The molecule has 0 radical (unpaired) electrons. The van der Waals surface area contributed by atoms with E-state index in [1.54, 1.807) is 6.20 Å². The summed E-state index contributed by atoms with van der Waals surface area (Å²) < 4.78 is 8.08. The van der Waals surface area contributed by atoms with Crippen LogP contribution in [0, 0.1) is 0 Å². The smallest absolute Gasteiger partial charge is 0.105 e. The van der Waals surface area contributed by atoms with Gasteiger partial charge in [-0.05, 0) is 6.07 Å². The van der Waals surface area contributed by atoms with Gasteiger partial charge in [0, 0.05) is 15.4 Å². The zero-order valence-electron chi connectivity index (χ0n) is 6.51. The van der Waals surface area contributed by atoms with E-state index in [4.69, 9.17) is 0 Å². The van der Waals surface area contributed by atoms with Gasteiger partial charge in [-0.2, -0.15) is 8.75 Å². The summed E-state index contributed by atoms with van der Waals surface area (Å²) in [6.07, 6.45) is 1.73. The van der Waals surface area contributed by atoms with Gasteiger partial charge >= 0.3 is 0 Å². The Morgan fingerprint density at radius 1 is 1.23 bits per heavy atom. The zero-order chi connectivity index (χ0) is 9.26. The van der Waals surface area contributed by atoms with Crippen LogP contribution in [0.4, 0.5) is 0 Å². The molecule has 0 aliphatic rings. The molecule has 1 aromatic carbocycles. The van der Waals surface area contributed by atoms with Crippen molar-refractivity contribution in [2.45, 2.75) is 9.79 Å². The molecule has 2 rings (SSSR count). The fourth-order valence-corrected chi connectivity index (χ4v) is 1.92. The lowest BCUT2D eigenvalue weighted by Gasteiger charge is -2.02. The molecular weight excluding hydrogens is 220 g/mol. The molecule has 5 heteroatoms. The second-order valence-electron chi connectivity index (χ2n) is 2.47. The molecule has 2 nitrogen and oxygen atoms in total. The van der Waals surface area contributed by atoms with Crippen molar-refractivity contribution in [2.75, 3.05) is 0 Å². The van der Waals surface area contributed by atoms with Gasteiger partial charge in [0.1, 0.15) is 5.69 Å². The molecule has 0 atom stereocenters. The van der Waals surface area contributed by atoms with Gasteiger partial charge < -0.3 is 0 Å². The Morgan fingerprint density at radius 3 is 2.77 bits per heavy atom. The third-order valence-electron chi connectivity index (χ3n) is 1.65. The molecule has 0 N–H and O–H groups in total. The largest absolute Gasteiger partial charge is 0.181 e. The normalized spacial score (nSPS) is 10.3. The summed E-state index contributed by atoms with van der Waals surface area (Å²) in [4.78, 5) is 1.70. The van der Waals surface area contributed by atoms with E-state index in [9.17, 15) is 0 Å². The van der Waals surface area contributed by atoms with Gasteiger partial charge in [-0.25, -0.2) is 0 Å². The molecule has 0 amide bonds. The highest BCUT2D eigenvalue weighted by molar-refractivity contribution is 7.83. The summed E-state index contributed by atoms with van der Waals surface area (Å²) in [6, 6.07) is 5.78. The van der Waals surface area contributed by atoms with Gasteiger partial charge in [0.05, 0.1) is 17.9 Å². The Labute approximate surface area is 91.2 Å². The van der Waals surface area contributed by atoms with Crippen molar-refractivity contribution in [2.24, 2.45) is 0 Å². The minimum atomic E-state index is 0.846. The topological polar surface area (TPSA) is 25.8 Å². The van der Waals surface area contributed by atoms with Crippen molar-refractivity contribution in [1.82, 2.24) is 8.75 Å². The molecule has 66 valence electrons. The fraction of sp³-hybridized carbons (Fsp3) is 0. The second kappa shape index (κ2) is 3.69. The van der Waals surface area contributed by atoms with Gasteiger partial charge in [-0.3, -0.25) is 0 Å².